The SMILES string of the molecule is CC/C=C\C/C=C\C/C=C\C/C=C\C/C=C\C/C=C\C/C=C\C/C=C\C/C=C\CCCC(=O)OCC(COC(=O)CCCCCCC)OC(=O)CCCCCCCCCCCCCC. The van der Waals surface area contributed by atoms with E-state index in [4.69, 9.17) is 14.2 Å². The van der Waals surface area contributed by atoms with Crippen molar-refractivity contribution in [2.75, 3.05) is 13.2 Å². The molecule has 6 nitrogen and oxygen atoms in total. The molecule has 1 unspecified atom stereocenters. The van der Waals surface area contributed by atoms with Crippen LogP contribution in [0, 0.1) is 0 Å². The Kier molecular flexibility index (Phi) is 48.5. The summed E-state index contributed by atoms with van der Waals surface area (Å²) in [5.74, 6) is -0.979. The molecule has 0 aromatic heterocycles. The normalized spacial score (nSPS) is 13.0. The number of carbonyl (C=O) groups excluding carboxylic acids is 3. The van der Waals surface area contributed by atoms with Crippen LogP contribution in [0.4, 0.5) is 0 Å². The number of rotatable bonds is 45. The van der Waals surface area contributed by atoms with Gasteiger partial charge in [0.15, 0.2) is 6.10 Å². The maximum atomic E-state index is 12.7. The number of allylic oxidation sites excluding steroid dienone is 18. The van der Waals surface area contributed by atoms with Crippen LogP contribution < -0.4 is 0 Å². The van der Waals surface area contributed by atoms with E-state index < -0.39 is 6.10 Å². The van der Waals surface area contributed by atoms with E-state index in [0.717, 1.165) is 116 Å². The van der Waals surface area contributed by atoms with E-state index in [0.29, 0.717) is 19.3 Å². The number of carbonyl (C=O) groups is 3. The maximum Gasteiger partial charge on any atom is 0.306 e. The summed E-state index contributed by atoms with van der Waals surface area (Å²) in [7, 11) is 0. The molecule has 0 saturated carbocycles. The van der Waals surface area contributed by atoms with Gasteiger partial charge in [0.25, 0.3) is 0 Å². The molecule has 6 heteroatoms. The van der Waals surface area contributed by atoms with Crippen LogP contribution in [0.2, 0.25) is 0 Å². The van der Waals surface area contributed by atoms with Crippen LogP contribution in [0.15, 0.2) is 109 Å². The molecule has 0 rings (SSSR count). The van der Waals surface area contributed by atoms with Crippen molar-refractivity contribution >= 4 is 17.9 Å². The molecule has 0 radical (unpaired) electrons. The van der Waals surface area contributed by atoms with E-state index in [2.05, 4.69) is 130 Å². The molecule has 0 aliphatic heterocycles. The van der Waals surface area contributed by atoms with E-state index >= 15 is 0 Å². The highest BCUT2D eigenvalue weighted by Gasteiger charge is 2.19. The van der Waals surface area contributed by atoms with Crippen molar-refractivity contribution in [3.8, 4) is 0 Å². The van der Waals surface area contributed by atoms with Gasteiger partial charge < -0.3 is 14.2 Å². The highest BCUT2D eigenvalue weighted by molar-refractivity contribution is 5.71. The Morgan fingerprint density at radius 1 is 0.328 bits per heavy atom. The van der Waals surface area contributed by atoms with Crippen LogP contribution >= 0.6 is 0 Å². The molecule has 0 N–H and O–H groups in total. The van der Waals surface area contributed by atoms with Crippen LogP contribution in [0.5, 0.6) is 0 Å². The topological polar surface area (TPSA) is 78.9 Å². The summed E-state index contributed by atoms with van der Waals surface area (Å²) < 4.78 is 16.6. The van der Waals surface area contributed by atoms with Crippen LogP contribution in [-0.4, -0.2) is 37.2 Å². The van der Waals surface area contributed by atoms with Gasteiger partial charge in [-0.05, 0) is 83.5 Å². The van der Waals surface area contributed by atoms with Gasteiger partial charge in [-0.25, -0.2) is 0 Å². The summed E-state index contributed by atoms with van der Waals surface area (Å²) in [4.78, 5) is 37.6. The maximum absolute atomic E-state index is 12.7. The standard InChI is InChI=1S/C58H94O6/c1-4-7-10-13-15-17-19-21-22-23-24-25-26-27-28-29-30-31-32-33-34-35-36-37-39-40-42-45-48-51-57(60)63-54-55(53-62-56(59)50-47-44-12-9-6-3)64-58(61)52-49-46-43-41-38-20-18-16-14-11-8-5-2/h7,10,15,17,21-22,24-25,27-28,30-31,33-34,36-37,40,42,55H,4-6,8-9,11-14,16,18-20,23,26,29,32,35,38-39,41,43-54H2,1-3H3/b10-7-,17-15-,22-21-,25-24-,28-27-,31-30-,34-33-,37-36-,42-40-. The summed E-state index contributed by atoms with van der Waals surface area (Å²) in [5, 5.41) is 0. The monoisotopic (exact) mass is 887 g/mol. The van der Waals surface area contributed by atoms with E-state index in [1.807, 2.05) is 0 Å². The van der Waals surface area contributed by atoms with Gasteiger partial charge >= 0.3 is 17.9 Å². The lowest BCUT2D eigenvalue weighted by molar-refractivity contribution is -0.167. The second kappa shape index (κ2) is 51.7. The molecule has 0 saturated heterocycles. The predicted octanol–water partition coefficient (Wildman–Crippen LogP) is 17.1. The molecule has 1 atom stereocenters. The first kappa shape index (κ1) is 60.1. The Morgan fingerprint density at radius 3 is 0.953 bits per heavy atom. The first-order valence-corrected chi connectivity index (χ1v) is 25.9. The summed E-state index contributed by atoms with van der Waals surface area (Å²) in [6.45, 7) is 6.37. The zero-order chi connectivity index (χ0) is 46.5. The van der Waals surface area contributed by atoms with Crippen molar-refractivity contribution in [2.24, 2.45) is 0 Å². The molecule has 64 heavy (non-hydrogen) atoms. The molecule has 0 bridgehead atoms. The Bertz CT molecular complexity index is 1340. The summed E-state index contributed by atoms with van der Waals surface area (Å²) in [6.07, 6.45) is 69.8. The molecular weight excluding hydrogens is 793 g/mol. The van der Waals surface area contributed by atoms with Gasteiger partial charge in [0, 0.05) is 19.3 Å². The average molecular weight is 887 g/mol. The van der Waals surface area contributed by atoms with Crippen molar-refractivity contribution < 1.29 is 28.6 Å². The second-order valence-electron chi connectivity index (χ2n) is 16.7. The third-order valence-corrected chi connectivity index (χ3v) is 10.5. The lowest BCUT2D eigenvalue weighted by atomic mass is 10.0. The molecule has 0 spiro atoms. The van der Waals surface area contributed by atoms with Gasteiger partial charge in [-0.2, -0.15) is 0 Å². The molecule has 362 valence electrons. The summed E-state index contributed by atoms with van der Waals surface area (Å²) in [5.41, 5.74) is 0. The van der Waals surface area contributed by atoms with Gasteiger partial charge in [-0.1, -0.05) is 226 Å². The van der Waals surface area contributed by atoms with Crippen molar-refractivity contribution in [2.45, 2.75) is 226 Å². The molecule has 0 aliphatic carbocycles. The minimum atomic E-state index is -0.795. The molecule has 0 fully saturated rings. The highest BCUT2D eigenvalue weighted by atomic mass is 16.6. The smallest absolute Gasteiger partial charge is 0.306 e. The van der Waals surface area contributed by atoms with E-state index in [-0.39, 0.29) is 37.5 Å². The fraction of sp³-hybridized carbons (Fsp3) is 0.638. The third kappa shape index (κ3) is 49.1. The number of esters is 3. The van der Waals surface area contributed by atoms with Crippen molar-refractivity contribution in [3.63, 3.8) is 0 Å². The number of ether oxygens (including phenoxy) is 3. The zero-order valence-electron chi connectivity index (χ0n) is 41.3. The number of unbranched alkanes of at least 4 members (excludes halogenated alkanes) is 16. The fourth-order valence-corrected chi connectivity index (χ4v) is 6.68. The van der Waals surface area contributed by atoms with Gasteiger partial charge in [0.05, 0.1) is 0 Å². The molecule has 0 heterocycles. The van der Waals surface area contributed by atoms with Gasteiger partial charge in [0.2, 0.25) is 0 Å². The van der Waals surface area contributed by atoms with Crippen molar-refractivity contribution in [1.82, 2.24) is 0 Å². The fourth-order valence-electron chi connectivity index (χ4n) is 6.68. The lowest BCUT2D eigenvalue weighted by Gasteiger charge is -2.18. The second-order valence-corrected chi connectivity index (χ2v) is 16.7. The molecular formula is C58H94O6. The molecule has 0 aromatic rings. The molecule has 0 amide bonds. The predicted molar refractivity (Wildman–Crippen MR) is 274 cm³/mol. The lowest BCUT2D eigenvalue weighted by Crippen LogP contribution is -2.30. The summed E-state index contributed by atoms with van der Waals surface area (Å²) >= 11 is 0. The highest BCUT2D eigenvalue weighted by Crippen LogP contribution is 2.14. The van der Waals surface area contributed by atoms with E-state index in [1.54, 1.807) is 0 Å². The molecule has 0 aromatic carbocycles. The first-order valence-electron chi connectivity index (χ1n) is 25.9. The Morgan fingerprint density at radius 2 is 0.609 bits per heavy atom. The Hall–Kier alpha value is -3.93. The van der Waals surface area contributed by atoms with Crippen molar-refractivity contribution in [1.29, 1.82) is 0 Å². The summed E-state index contributed by atoms with van der Waals surface area (Å²) in [6, 6.07) is 0. The van der Waals surface area contributed by atoms with E-state index in [9.17, 15) is 14.4 Å². The van der Waals surface area contributed by atoms with Gasteiger partial charge in [-0.15, -0.1) is 0 Å². The van der Waals surface area contributed by atoms with E-state index in [1.165, 1.54) is 57.8 Å². The van der Waals surface area contributed by atoms with Crippen LogP contribution in [0.1, 0.15) is 220 Å². The number of hydrogen-bond donors (Lipinski definition) is 0. The van der Waals surface area contributed by atoms with Crippen LogP contribution in [0.3, 0.4) is 0 Å². The Balaban J connectivity index is 4.23. The average Bonchev–Trinajstić information content (AvgIpc) is 3.29. The zero-order valence-corrected chi connectivity index (χ0v) is 41.3. The van der Waals surface area contributed by atoms with Crippen LogP contribution in [-0.2, 0) is 28.6 Å². The third-order valence-electron chi connectivity index (χ3n) is 10.5. The quantitative estimate of drug-likeness (QED) is 0.0262. The van der Waals surface area contributed by atoms with Gasteiger partial charge in [0.1, 0.15) is 13.2 Å². The number of hydrogen-bond acceptors (Lipinski definition) is 6. The first-order chi connectivity index (χ1) is 31.5. The largest absolute Gasteiger partial charge is 0.462 e. The minimum Gasteiger partial charge on any atom is -0.462 e. The van der Waals surface area contributed by atoms with Crippen molar-refractivity contribution in [3.05, 3.63) is 109 Å². The molecule has 0 aliphatic rings. The van der Waals surface area contributed by atoms with Gasteiger partial charge in [-0.3, -0.25) is 14.4 Å². The Labute approximate surface area is 393 Å². The van der Waals surface area contributed by atoms with Crippen LogP contribution in [0.25, 0.3) is 0 Å². The minimum absolute atomic E-state index is 0.0964.